The molecule has 0 saturated carbocycles. The standard InChI is InChI=1S/C8H4ClF2N/c9-6-3-5(1-2-12)8(11)7(10)4-6/h3-4H,1H2. The van der Waals surface area contributed by atoms with Gasteiger partial charge in [-0.2, -0.15) is 5.26 Å². The fourth-order valence-electron chi connectivity index (χ4n) is 0.823. The van der Waals surface area contributed by atoms with Crippen LogP contribution in [-0.4, -0.2) is 0 Å². The number of halogens is 3. The third kappa shape index (κ3) is 1.72. The lowest BCUT2D eigenvalue weighted by Gasteiger charge is -1.99. The van der Waals surface area contributed by atoms with E-state index in [0.29, 0.717) is 0 Å². The summed E-state index contributed by atoms with van der Waals surface area (Å²) in [4.78, 5) is 0. The topological polar surface area (TPSA) is 23.8 Å². The molecule has 1 aromatic rings. The molecular weight excluding hydrogens is 184 g/mol. The molecule has 0 aromatic heterocycles. The van der Waals surface area contributed by atoms with E-state index in [-0.39, 0.29) is 17.0 Å². The van der Waals surface area contributed by atoms with E-state index in [0.717, 1.165) is 6.07 Å². The minimum Gasteiger partial charge on any atom is -0.204 e. The Balaban J connectivity index is 3.20. The first kappa shape index (κ1) is 8.95. The first-order chi connectivity index (χ1) is 5.65. The number of rotatable bonds is 1. The summed E-state index contributed by atoms with van der Waals surface area (Å²) in [6, 6.07) is 3.83. The Labute approximate surface area is 73.2 Å². The second-order valence-electron chi connectivity index (χ2n) is 2.20. The van der Waals surface area contributed by atoms with Crippen molar-refractivity contribution in [1.29, 1.82) is 5.26 Å². The molecule has 0 unspecified atom stereocenters. The SMILES string of the molecule is N#CCc1cc(Cl)cc(F)c1F. The van der Waals surface area contributed by atoms with Crippen LogP contribution < -0.4 is 0 Å². The molecule has 0 spiro atoms. The van der Waals surface area contributed by atoms with Gasteiger partial charge < -0.3 is 0 Å². The molecule has 0 N–H and O–H groups in total. The maximum absolute atomic E-state index is 12.8. The molecule has 0 radical (unpaired) electrons. The lowest BCUT2D eigenvalue weighted by molar-refractivity contribution is 0.501. The average Bonchev–Trinajstić information content (AvgIpc) is 2.00. The molecule has 1 rings (SSSR count). The minimum atomic E-state index is -1.02. The zero-order valence-corrected chi connectivity index (χ0v) is 6.70. The van der Waals surface area contributed by atoms with Crippen molar-refractivity contribution in [2.75, 3.05) is 0 Å². The van der Waals surface area contributed by atoms with Gasteiger partial charge in [0.1, 0.15) is 0 Å². The second-order valence-corrected chi connectivity index (χ2v) is 2.63. The highest BCUT2D eigenvalue weighted by molar-refractivity contribution is 6.30. The van der Waals surface area contributed by atoms with E-state index in [1.54, 1.807) is 6.07 Å². The Kier molecular flexibility index (Phi) is 2.61. The maximum atomic E-state index is 12.8. The zero-order chi connectivity index (χ0) is 9.14. The Bertz CT molecular complexity index is 344. The minimum absolute atomic E-state index is 0.0116. The van der Waals surface area contributed by atoms with Gasteiger partial charge >= 0.3 is 0 Å². The van der Waals surface area contributed by atoms with E-state index in [1.807, 2.05) is 0 Å². The molecule has 0 bridgehead atoms. The van der Waals surface area contributed by atoms with Crippen LogP contribution in [-0.2, 0) is 6.42 Å². The normalized spacial score (nSPS) is 9.50. The van der Waals surface area contributed by atoms with Crippen LogP contribution in [0.1, 0.15) is 5.56 Å². The van der Waals surface area contributed by atoms with Crippen LogP contribution in [0.5, 0.6) is 0 Å². The molecule has 62 valence electrons. The predicted octanol–water partition coefficient (Wildman–Crippen LogP) is 2.68. The van der Waals surface area contributed by atoms with Gasteiger partial charge in [-0.1, -0.05) is 11.6 Å². The molecule has 0 heterocycles. The Hall–Kier alpha value is -1.14. The molecule has 0 atom stereocenters. The largest absolute Gasteiger partial charge is 0.204 e. The van der Waals surface area contributed by atoms with Gasteiger partial charge in [-0.05, 0) is 12.1 Å². The second kappa shape index (κ2) is 3.51. The van der Waals surface area contributed by atoms with E-state index >= 15 is 0 Å². The first-order valence-electron chi connectivity index (χ1n) is 3.15. The highest BCUT2D eigenvalue weighted by atomic mass is 35.5. The van der Waals surface area contributed by atoms with Gasteiger partial charge in [0.25, 0.3) is 0 Å². The molecule has 1 aromatic carbocycles. The highest BCUT2D eigenvalue weighted by Gasteiger charge is 2.08. The Morgan fingerprint density at radius 1 is 1.42 bits per heavy atom. The third-order valence-corrected chi connectivity index (χ3v) is 1.56. The Morgan fingerprint density at radius 3 is 2.67 bits per heavy atom. The van der Waals surface area contributed by atoms with Crippen molar-refractivity contribution in [2.24, 2.45) is 0 Å². The van der Waals surface area contributed by atoms with Crippen LogP contribution in [0.25, 0.3) is 0 Å². The van der Waals surface area contributed by atoms with Crippen LogP contribution in [0.2, 0.25) is 5.02 Å². The van der Waals surface area contributed by atoms with E-state index in [4.69, 9.17) is 16.9 Å². The van der Waals surface area contributed by atoms with Crippen molar-refractivity contribution in [2.45, 2.75) is 6.42 Å². The van der Waals surface area contributed by atoms with Crippen LogP contribution in [0.15, 0.2) is 12.1 Å². The van der Waals surface area contributed by atoms with Crippen molar-refractivity contribution in [1.82, 2.24) is 0 Å². The highest BCUT2D eigenvalue weighted by Crippen LogP contribution is 2.18. The molecule has 0 fully saturated rings. The summed E-state index contributed by atoms with van der Waals surface area (Å²) in [6.45, 7) is 0. The summed E-state index contributed by atoms with van der Waals surface area (Å²) in [5, 5.41) is 8.34. The van der Waals surface area contributed by atoms with Gasteiger partial charge in [-0.3, -0.25) is 0 Å². The summed E-state index contributed by atoms with van der Waals surface area (Å²) >= 11 is 5.44. The summed E-state index contributed by atoms with van der Waals surface area (Å²) in [5.74, 6) is -2.02. The molecule has 0 amide bonds. The smallest absolute Gasteiger partial charge is 0.163 e. The van der Waals surface area contributed by atoms with Gasteiger partial charge in [0, 0.05) is 10.6 Å². The fourth-order valence-corrected chi connectivity index (χ4v) is 1.05. The number of hydrogen-bond acceptors (Lipinski definition) is 1. The van der Waals surface area contributed by atoms with Crippen LogP contribution >= 0.6 is 11.6 Å². The number of hydrogen-bond donors (Lipinski definition) is 0. The predicted molar refractivity (Wildman–Crippen MR) is 40.7 cm³/mol. The first-order valence-corrected chi connectivity index (χ1v) is 3.53. The summed E-state index contributed by atoms with van der Waals surface area (Å²) < 4.78 is 25.4. The van der Waals surface area contributed by atoms with Gasteiger partial charge in [0.2, 0.25) is 0 Å². The monoisotopic (exact) mass is 187 g/mol. The number of nitrogens with zero attached hydrogens (tertiary/aromatic N) is 1. The van der Waals surface area contributed by atoms with Crippen molar-refractivity contribution in [3.63, 3.8) is 0 Å². The summed E-state index contributed by atoms with van der Waals surface area (Å²) in [5.41, 5.74) is -0.0116. The lowest BCUT2D eigenvalue weighted by Crippen LogP contribution is -1.92. The summed E-state index contributed by atoms with van der Waals surface area (Å²) in [7, 11) is 0. The van der Waals surface area contributed by atoms with Crippen molar-refractivity contribution < 1.29 is 8.78 Å². The van der Waals surface area contributed by atoms with E-state index in [2.05, 4.69) is 0 Å². The van der Waals surface area contributed by atoms with Crippen molar-refractivity contribution >= 4 is 11.6 Å². The van der Waals surface area contributed by atoms with Crippen LogP contribution in [0.3, 0.4) is 0 Å². The number of benzene rings is 1. The maximum Gasteiger partial charge on any atom is 0.163 e. The molecule has 4 heteroatoms. The van der Waals surface area contributed by atoms with Crippen molar-refractivity contribution in [3.05, 3.63) is 34.4 Å². The van der Waals surface area contributed by atoms with Crippen molar-refractivity contribution in [3.8, 4) is 6.07 Å². The molecule has 12 heavy (non-hydrogen) atoms. The third-order valence-electron chi connectivity index (χ3n) is 1.34. The van der Waals surface area contributed by atoms with Crippen LogP contribution in [0, 0.1) is 23.0 Å². The number of nitriles is 1. The van der Waals surface area contributed by atoms with E-state index in [1.165, 1.54) is 6.07 Å². The van der Waals surface area contributed by atoms with E-state index in [9.17, 15) is 8.78 Å². The Morgan fingerprint density at radius 2 is 2.08 bits per heavy atom. The molecule has 0 aliphatic heterocycles. The molecule has 0 aliphatic rings. The average molecular weight is 188 g/mol. The van der Waals surface area contributed by atoms with Gasteiger partial charge in [0.15, 0.2) is 11.6 Å². The van der Waals surface area contributed by atoms with Gasteiger partial charge in [0.05, 0.1) is 12.5 Å². The molecule has 0 aliphatic carbocycles. The fraction of sp³-hybridized carbons (Fsp3) is 0.125. The zero-order valence-electron chi connectivity index (χ0n) is 5.94. The molecule has 0 saturated heterocycles. The summed E-state index contributed by atoms with van der Waals surface area (Å²) in [6.07, 6.45) is -0.177. The van der Waals surface area contributed by atoms with E-state index < -0.39 is 11.6 Å². The van der Waals surface area contributed by atoms with Gasteiger partial charge in [-0.15, -0.1) is 0 Å². The lowest BCUT2D eigenvalue weighted by atomic mass is 10.1. The molecule has 1 nitrogen and oxygen atoms in total. The molecular formula is C8H4ClF2N. The quantitative estimate of drug-likeness (QED) is 0.620. The van der Waals surface area contributed by atoms with Crippen LogP contribution in [0.4, 0.5) is 8.78 Å². The van der Waals surface area contributed by atoms with Gasteiger partial charge in [-0.25, -0.2) is 8.78 Å².